The number of allylic oxidation sites excluding steroid dienone is 1. The second kappa shape index (κ2) is 6.16. The molecular formula is C21H19N5O. The quantitative estimate of drug-likeness (QED) is 0.426. The maximum atomic E-state index is 9.46. The first-order chi connectivity index (χ1) is 13.3. The van der Waals surface area contributed by atoms with Crippen LogP contribution in [0, 0.1) is 5.92 Å². The van der Waals surface area contributed by atoms with Crippen LogP contribution < -0.4 is 0 Å². The van der Waals surface area contributed by atoms with Gasteiger partial charge in [-0.1, -0.05) is 29.4 Å². The monoisotopic (exact) mass is 357 g/mol. The van der Waals surface area contributed by atoms with Gasteiger partial charge in [-0.05, 0) is 36.1 Å². The van der Waals surface area contributed by atoms with Crippen LogP contribution in [0.15, 0.2) is 60.3 Å². The number of fused-ring (bicyclic) bond motifs is 1. The van der Waals surface area contributed by atoms with E-state index < -0.39 is 0 Å². The van der Waals surface area contributed by atoms with Crippen LogP contribution in [0.1, 0.15) is 40.9 Å². The number of nitrogens with one attached hydrogen (secondary N) is 1. The minimum Gasteiger partial charge on any atom is -0.411 e. The van der Waals surface area contributed by atoms with Gasteiger partial charge in [-0.15, -0.1) is 0 Å². The SMILES string of the molecule is ON=C(c1n[nH]c2c1C=CC(c1cccnc1)(c1cccnc1)C2)C1CC1. The van der Waals surface area contributed by atoms with Crippen LogP contribution in [0.2, 0.25) is 0 Å². The summed E-state index contributed by atoms with van der Waals surface area (Å²) in [4.78, 5) is 8.66. The lowest BCUT2D eigenvalue weighted by Crippen LogP contribution is -2.31. The van der Waals surface area contributed by atoms with E-state index in [9.17, 15) is 5.21 Å². The Bertz CT molecular complexity index is 980. The molecule has 5 rings (SSSR count). The van der Waals surface area contributed by atoms with E-state index in [2.05, 4.69) is 49.6 Å². The van der Waals surface area contributed by atoms with E-state index in [-0.39, 0.29) is 5.41 Å². The van der Waals surface area contributed by atoms with Crippen molar-refractivity contribution in [3.63, 3.8) is 0 Å². The maximum absolute atomic E-state index is 9.46. The van der Waals surface area contributed by atoms with Crippen molar-refractivity contribution in [1.82, 2.24) is 20.2 Å². The highest BCUT2D eigenvalue weighted by Crippen LogP contribution is 2.42. The molecule has 0 atom stereocenters. The maximum Gasteiger partial charge on any atom is 0.117 e. The molecule has 6 heteroatoms. The molecule has 2 aliphatic rings. The number of H-pyrrole nitrogens is 1. The highest BCUT2D eigenvalue weighted by Gasteiger charge is 2.39. The van der Waals surface area contributed by atoms with Crippen LogP contribution in [-0.2, 0) is 11.8 Å². The summed E-state index contributed by atoms with van der Waals surface area (Å²) in [7, 11) is 0. The normalized spacial score (nSPS) is 18.3. The number of aromatic amines is 1. The van der Waals surface area contributed by atoms with Crippen LogP contribution in [0.4, 0.5) is 0 Å². The number of hydrogen-bond acceptors (Lipinski definition) is 5. The summed E-state index contributed by atoms with van der Waals surface area (Å²) < 4.78 is 0. The van der Waals surface area contributed by atoms with Gasteiger partial charge in [0.2, 0.25) is 0 Å². The van der Waals surface area contributed by atoms with E-state index in [1.54, 1.807) is 12.4 Å². The van der Waals surface area contributed by atoms with E-state index in [4.69, 9.17) is 0 Å². The molecule has 0 unspecified atom stereocenters. The Hall–Kier alpha value is -3.28. The smallest absolute Gasteiger partial charge is 0.117 e. The van der Waals surface area contributed by atoms with Gasteiger partial charge in [0.1, 0.15) is 11.4 Å². The Morgan fingerprint density at radius 1 is 1.11 bits per heavy atom. The van der Waals surface area contributed by atoms with Crippen molar-refractivity contribution in [1.29, 1.82) is 0 Å². The number of hydrogen-bond donors (Lipinski definition) is 2. The lowest BCUT2D eigenvalue weighted by atomic mass is 9.69. The number of aromatic nitrogens is 4. The third-order valence-electron chi connectivity index (χ3n) is 5.54. The third-order valence-corrected chi connectivity index (χ3v) is 5.54. The molecule has 0 radical (unpaired) electrons. The van der Waals surface area contributed by atoms with Gasteiger partial charge in [-0.2, -0.15) is 5.10 Å². The van der Waals surface area contributed by atoms with Crippen LogP contribution in [-0.4, -0.2) is 31.1 Å². The molecule has 3 aromatic heterocycles. The number of pyridine rings is 2. The zero-order valence-corrected chi connectivity index (χ0v) is 14.7. The van der Waals surface area contributed by atoms with Crippen LogP contribution in [0.5, 0.6) is 0 Å². The van der Waals surface area contributed by atoms with Crippen LogP contribution in [0.3, 0.4) is 0 Å². The van der Waals surface area contributed by atoms with Crippen molar-refractivity contribution < 1.29 is 5.21 Å². The molecule has 3 heterocycles. The Morgan fingerprint density at radius 3 is 2.37 bits per heavy atom. The Morgan fingerprint density at radius 2 is 1.81 bits per heavy atom. The topological polar surface area (TPSA) is 87.0 Å². The van der Waals surface area contributed by atoms with E-state index in [0.717, 1.165) is 40.9 Å². The van der Waals surface area contributed by atoms with Gasteiger partial charge in [0.25, 0.3) is 0 Å². The summed E-state index contributed by atoms with van der Waals surface area (Å²) in [6.45, 7) is 0. The van der Waals surface area contributed by atoms with Crippen molar-refractivity contribution in [3.05, 3.63) is 83.2 Å². The van der Waals surface area contributed by atoms with Crippen molar-refractivity contribution in [2.24, 2.45) is 11.1 Å². The standard InChI is InChI=1S/C21H19N5O/c27-26-19(14-5-6-14)20-17-7-8-21(11-18(17)24-25-20,15-3-1-9-22-12-15)16-4-2-10-23-13-16/h1-4,7-10,12-14,27H,5-6,11H2,(H,24,25). The molecule has 0 aliphatic heterocycles. The minimum atomic E-state index is -0.366. The van der Waals surface area contributed by atoms with Crippen molar-refractivity contribution in [2.75, 3.05) is 0 Å². The Labute approximate surface area is 156 Å². The molecule has 2 aliphatic carbocycles. The predicted molar refractivity (Wildman–Crippen MR) is 102 cm³/mol. The van der Waals surface area contributed by atoms with Crippen molar-refractivity contribution in [2.45, 2.75) is 24.7 Å². The zero-order valence-electron chi connectivity index (χ0n) is 14.7. The number of oxime groups is 1. The molecule has 27 heavy (non-hydrogen) atoms. The van der Waals surface area contributed by atoms with Crippen LogP contribution in [0.25, 0.3) is 6.08 Å². The lowest BCUT2D eigenvalue weighted by Gasteiger charge is -2.33. The zero-order chi connectivity index (χ0) is 18.3. The largest absolute Gasteiger partial charge is 0.411 e. The summed E-state index contributed by atoms with van der Waals surface area (Å²) in [6.07, 6.45) is 14.5. The van der Waals surface area contributed by atoms with Gasteiger partial charge in [0, 0.05) is 53.8 Å². The highest BCUT2D eigenvalue weighted by atomic mass is 16.4. The summed E-state index contributed by atoms with van der Waals surface area (Å²) in [6, 6.07) is 8.10. The van der Waals surface area contributed by atoms with Gasteiger partial charge in [0.05, 0.1) is 0 Å². The summed E-state index contributed by atoms with van der Waals surface area (Å²) >= 11 is 0. The molecule has 3 aromatic rings. The van der Waals surface area contributed by atoms with Gasteiger partial charge in [0.15, 0.2) is 0 Å². The molecular weight excluding hydrogens is 338 g/mol. The predicted octanol–water partition coefficient (Wildman–Crippen LogP) is 3.34. The number of nitrogens with zero attached hydrogens (tertiary/aromatic N) is 4. The molecule has 0 aromatic carbocycles. The molecule has 0 bridgehead atoms. The fourth-order valence-electron chi connectivity index (χ4n) is 3.96. The van der Waals surface area contributed by atoms with E-state index in [1.165, 1.54) is 0 Å². The summed E-state index contributed by atoms with van der Waals surface area (Å²) in [5, 5.41) is 20.7. The molecule has 1 fully saturated rings. The number of rotatable bonds is 4. The second-order valence-electron chi connectivity index (χ2n) is 7.19. The molecule has 0 saturated heterocycles. The fraction of sp³-hybridized carbons (Fsp3) is 0.238. The molecule has 2 N–H and O–H groups in total. The van der Waals surface area contributed by atoms with Gasteiger partial charge in [-0.3, -0.25) is 15.1 Å². The van der Waals surface area contributed by atoms with Crippen molar-refractivity contribution >= 4 is 11.8 Å². The highest BCUT2D eigenvalue weighted by molar-refractivity contribution is 6.04. The third kappa shape index (κ3) is 2.56. The fourth-order valence-corrected chi connectivity index (χ4v) is 3.96. The van der Waals surface area contributed by atoms with Crippen LogP contribution >= 0.6 is 0 Å². The molecule has 0 amide bonds. The molecule has 0 spiro atoms. The first kappa shape index (κ1) is 15.9. The average molecular weight is 357 g/mol. The van der Waals surface area contributed by atoms with E-state index >= 15 is 0 Å². The first-order valence-corrected chi connectivity index (χ1v) is 9.11. The van der Waals surface area contributed by atoms with Crippen molar-refractivity contribution in [3.8, 4) is 0 Å². The minimum absolute atomic E-state index is 0.319. The first-order valence-electron chi connectivity index (χ1n) is 9.11. The Kier molecular flexibility index (Phi) is 3.63. The summed E-state index contributed by atoms with van der Waals surface area (Å²) in [5.74, 6) is 0.319. The van der Waals surface area contributed by atoms with Gasteiger partial charge >= 0.3 is 0 Å². The van der Waals surface area contributed by atoms with E-state index in [1.807, 2.05) is 24.5 Å². The van der Waals surface area contributed by atoms with E-state index in [0.29, 0.717) is 18.1 Å². The molecule has 134 valence electrons. The average Bonchev–Trinajstić information content (AvgIpc) is 3.49. The lowest BCUT2D eigenvalue weighted by molar-refractivity contribution is 0.317. The summed E-state index contributed by atoms with van der Waals surface area (Å²) in [5.41, 5.74) is 5.34. The molecule has 6 nitrogen and oxygen atoms in total. The molecule has 1 saturated carbocycles. The second-order valence-corrected chi connectivity index (χ2v) is 7.19. The Balaban J connectivity index is 1.63. The van der Waals surface area contributed by atoms with Gasteiger partial charge in [-0.25, -0.2) is 0 Å². The van der Waals surface area contributed by atoms with Gasteiger partial charge < -0.3 is 5.21 Å².